The standard InChI is InChI=1S/C23H31N5O4S/c24-33(30,31)20-6-7-22(28-14-16-32-17-15-28)21(18-20)23(29)25-8-9-26-10-12-27(13-11-26)19-4-2-1-3-5-19/h1-7,18H,8-17H2,(H,25,29)(H2,24,30,31). The number of hydrogen-bond donors (Lipinski definition) is 2. The van der Waals surface area contributed by atoms with E-state index in [2.05, 4.69) is 27.2 Å². The van der Waals surface area contributed by atoms with Crippen molar-refractivity contribution < 1.29 is 17.9 Å². The fraction of sp³-hybridized carbons (Fsp3) is 0.435. The first-order valence-electron chi connectivity index (χ1n) is 11.2. The zero-order valence-corrected chi connectivity index (χ0v) is 19.5. The molecule has 2 aliphatic heterocycles. The van der Waals surface area contributed by atoms with Crippen LogP contribution in [-0.4, -0.2) is 84.8 Å². The third-order valence-electron chi connectivity index (χ3n) is 6.10. The minimum absolute atomic E-state index is 0.0679. The summed E-state index contributed by atoms with van der Waals surface area (Å²) >= 11 is 0. The van der Waals surface area contributed by atoms with Gasteiger partial charge in [0.25, 0.3) is 5.91 Å². The second-order valence-electron chi connectivity index (χ2n) is 8.24. The van der Waals surface area contributed by atoms with E-state index in [0.29, 0.717) is 44.1 Å². The highest BCUT2D eigenvalue weighted by atomic mass is 32.2. The third-order valence-corrected chi connectivity index (χ3v) is 7.01. The molecule has 4 rings (SSSR count). The Balaban J connectivity index is 1.36. The number of morpholine rings is 1. The summed E-state index contributed by atoms with van der Waals surface area (Å²) in [5.74, 6) is -0.301. The predicted molar refractivity (Wildman–Crippen MR) is 128 cm³/mol. The van der Waals surface area contributed by atoms with E-state index < -0.39 is 10.0 Å². The first kappa shape index (κ1) is 23.5. The van der Waals surface area contributed by atoms with Gasteiger partial charge in [-0.15, -0.1) is 0 Å². The Morgan fingerprint density at radius 1 is 0.939 bits per heavy atom. The molecule has 3 N–H and O–H groups in total. The van der Waals surface area contributed by atoms with Crippen molar-refractivity contribution in [3.8, 4) is 0 Å². The number of nitrogens with zero attached hydrogens (tertiary/aromatic N) is 3. The molecule has 0 aromatic heterocycles. The number of benzene rings is 2. The van der Waals surface area contributed by atoms with Gasteiger partial charge in [-0.25, -0.2) is 13.6 Å². The lowest BCUT2D eigenvalue weighted by molar-refractivity contribution is 0.0946. The van der Waals surface area contributed by atoms with Gasteiger partial charge in [-0.1, -0.05) is 18.2 Å². The SMILES string of the molecule is NS(=O)(=O)c1ccc(N2CCOCC2)c(C(=O)NCCN2CCN(c3ccccc3)CC2)c1. The number of amides is 1. The number of rotatable bonds is 7. The van der Waals surface area contributed by atoms with Gasteiger partial charge in [0.05, 0.1) is 23.7 Å². The van der Waals surface area contributed by atoms with Crippen molar-refractivity contribution in [3.05, 3.63) is 54.1 Å². The van der Waals surface area contributed by atoms with E-state index in [-0.39, 0.29) is 10.8 Å². The summed E-state index contributed by atoms with van der Waals surface area (Å²) in [5.41, 5.74) is 2.24. The van der Waals surface area contributed by atoms with Gasteiger partial charge >= 0.3 is 0 Å². The number of anilines is 2. The van der Waals surface area contributed by atoms with Gasteiger partial charge < -0.3 is 19.9 Å². The minimum atomic E-state index is -3.91. The number of carbonyl (C=O) groups is 1. The number of para-hydroxylation sites is 1. The molecular formula is C23H31N5O4S. The smallest absolute Gasteiger partial charge is 0.253 e. The Hall–Kier alpha value is -2.66. The molecule has 1 amide bonds. The van der Waals surface area contributed by atoms with Gasteiger partial charge in [-0.3, -0.25) is 9.69 Å². The Morgan fingerprint density at radius 2 is 1.64 bits per heavy atom. The predicted octanol–water partition coefficient (Wildman–Crippen LogP) is 0.723. The van der Waals surface area contributed by atoms with Gasteiger partial charge in [0.2, 0.25) is 10.0 Å². The molecule has 0 saturated carbocycles. The largest absolute Gasteiger partial charge is 0.378 e. The van der Waals surface area contributed by atoms with E-state index in [1.165, 1.54) is 17.8 Å². The van der Waals surface area contributed by atoms with Crippen molar-refractivity contribution >= 4 is 27.3 Å². The summed E-state index contributed by atoms with van der Waals surface area (Å²) in [4.78, 5) is 19.7. The molecule has 2 aromatic rings. The lowest BCUT2D eigenvalue weighted by atomic mass is 10.1. The molecule has 0 atom stereocenters. The fourth-order valence-corrected chi connectivity index (χ4v) is 4.79. The molecule has 33 heavy (non-hydrogen) atoms. The highest BCUT2D eigenvalue weighted by Gasteiger charge is 2.22. The molecule has 2 heterocycles. The first-order valence-corrected chi connectivity index (χ1v) is 12.8. The maximum Gasteiger partial charge on any atom is 0.253 e. The minimum Gasteiger partial charge on any atom is -0.378 e. The van der Waals surface area contributed by atoms with Crippen molar-refractivity contribution in [3.63, 3.8) is 0 Å². The van der Waals surface area contributed by atoms with Gasteiger partial charge in [0.1, 0.15) is 0 Å². The van der Waals surface area contributed by atoms with Gasteiger partial charge in [0.15, 0.2) is 0 Å². The summed E-state index contributed by atoms with van der Waals surface area (Å²) in [6.45, 7) is 7.34. The lowest BCUT2D eigenvalue weighted by Crippen LogP contribution is -2.48. The Labute approximate surface area is 195 Å². The summed E-state index contributed by atoms with van der Waals surface area (Å²) in [7, 11) is -3.91. The van der Waals surface area contributed by atoms with Crippen molar-refractivity contribution in [1.29, 1.82) is 0 Å². The zero-order valence-electron chi connectivity index (χ0n) is 18.7. The molecule has 2 saturated heterocycles. The van der Waals surface area contributed by atoms with Crippen LogP contribution in [0.2, 0.25) is 0 Å². The van der Waals surface area contributed by atoms with Crippen LogP contribution in [0, 0.1) is 0 Å². The summed E-state index contributed by atoms with van der Waals surface area (Å²) < 4.78 is 29.1. The number of hydrogen-bond acceptors (Lipinski definition) is 7. The van der Waals surface area contributed by atoms with Crippen molar-refractivity contribution in [2.45, 2.75) is 4.90 Å². The molecule has 10 heteroatoms. The van der Waals surface area contributed by atoms with Crippen LogP contribution in [0.5, 0.6) is 0 Å². The second kappa shape index (κ2) is 10.5. The molecular weight excluding hydrogens is 442 g/mol. The number of ether oxygens (including phenoxy) is 1. The molecule has 0 bridgehead atoms. The van der Waals surface area contributed by atoms with Crippen LogP contribution >= 0.6 is 0 Å². The van der Waals surface area contributed by atoms with Crippen molar-refractivity contribution in [2.24, 2.45) is 5.14 Å². The van der Waals surface area contributed by atoms with Crippen LogP contribution in [0.3, 0.4) is 0 Å². The number of nitrogens with one attached hydrogen (secondary N) is 1. The Morgan fingerprint density at radius 3 is 2.30 bits per heavy atom. The molecule has 0 radical (unpaired) electrons. The molecule has 0 spiro atoms. The van der Waals surface area contributed by atoms with Crippen LogP contribution in [-0.2, 0) is 14.8 Å². The maximum absolute atomic E-state index is 13.0. The number of carbonyl (C=O) groups excluding carboxylic acids is 1. The highest BCUT2D eigenvalue weighted by Crippen LogP contribution is 2.25. The summed E-state index contributed by atoms with van der Waals surface area (Å²) in [6.07, 6.45) is 0. The zero-order chi connectivity index (χ0) is 23.3. The van der Waals surface area contributed by atoms with E-state index in [0.717, 1.165) is 32.7 Å². The molecule has 2 fully saturated rings. The number of sulfonamides is 1. The average Bonchev–Trinajstić information content (AvgIpc) is 2.84. The van der Waals surface area contributed by atoms with Crippen LogP contribution in [0.15, 0.2) is 53.4 Å². The van der Waals surface area contributed by atoms with E-state index in [9.17, 15) is 13.2 Å². The summed E-state index contributed by atoms with van der Waals surface area (Å²) in [6, 6.07) is 14.8. The van der Waals surface area contributed by atoms with Gasteiger partial charge in [-0.2, -0.15) is 0 Å². The highest BCUT2D eigenvalue weighted by molar-refractivity contribution is 7.89. The van der Waals surface area contributed by atoms with Crippen LogP contribution < -0.4 is 20.3 Å². The van der Waals surface area contributed by atoms with Crippen LogP contribution in [0.4, 0.5) is 11.4 Å². The number of primary sulfonamides is 1. The van der Waals surface area contributed by atoms with Crippen LogP contribution in [0.25, 0.3) is 0 Å². The Kier molecular flexibility index (Phi) is 7.49. The third kappa shape index (κ3) is 6.02. The molecule has 2 aliphatic rings. The first-order chi connectivity index (χ1) is 15.9. The van der Waals surface area contributed by atoms with Crippen LogP contribution in [0.1, 0.15) is 10.4 Å². The molecule has 9 nitrogen and oxygen atoms in total. The normalized spacial score (nSPS) is 17.7. The number of nitrogens with two attached hydrogens (primary N) is 1. The average molecular weight is 474 g/mol. The van der Waals surface area contributed by atoms with E-state index >= 15 is 0 Å². The monoisotopic (exact) mass is 473 g/mol. The lowest BCUT2D eigenvalue weighted by Gasteiger charge is -2.36. The quantitative estimate of drug-likeness (QED) is 0.610. The molecule has 0 aliphatic carbocycles. The van der Waals surface area contributed by atoms with E-state index in [4.69, 9.17) is 9.88 Å². The molecule has 0 unspecified atom stereocenters. The van der Waals surface area contributed by atoms with Crippen molar-refractivity contribution in [2.75, 3.05) is 75.4 Å². The second-order valence-corrected chi connectivity index (χ2v) is 9.80. The fourth-order valence-electron chi connectivity index (χ4n) is 4.25. The number of piperazine rings is 1. The van der Waals surface area contributed by atoms with E-state index in [1.54, 1.807) is 6.07 Å². The molecule has 2 aromatic carbocycles. The van der Waals surface area contributed by atoms with Gasteiger partial charge in [-0.05, 0) is 30.3 Å². The summed E-state index contributed by atoms with van der Waals surface area (Å²) in [5, 5.41) is 8.26. The van der Waals surface area contributed by atoms with Gasteiger partial charge in [0, 0.05) is 63.7 Å². The topological polar surface area (TPSA) is 108 Å². The maximum atomic E-state index is 13.0. The van der Waals surface area contributed by atoms with E-state index in [1.807, 2.05) is 23.1 Å². The van der Waals surface area contributed by atoms with Crippen molar-refractivity contribution in [1.82, 2.24) is 10.2 Å². The molecule has 178 valence electrons. The Bertz CT molecular complexity index is 1050.